The number of anilines is 1. The molecular weight excluding hydrogens is 400 g/mol. The molecule has 1 fully saturated rings. The zero-order valence-corrected chi connectivity index (χ0v) is 18.6. The first kappa shape index (κ1) is 22.5. The Balaban J connectivity index is 1.73. The van der Waals surface area contributed by atoms with E-state index >= 15 is 0 Å². The monoisotopic (exact) mass is 432 g/mol. The predicted octanol–water partition coefficient (Wildman–Crippen LogP) is 3.27. The molecular formula is C22H32N4O3S. The van der Waals surface area contributed by atoms with Crippen LogP contribution in [0.15, 0.2) is 47.5 Å². The highest BCUT2D eigenvalue weighted by Gasteiger charge is 2.25. The van der Waals surface area contributed by atoms with Crippen molar-refractivity contribution in [2.24, 2.45) is 7.05 Å². The summed E-state index contributed by atoms with van der Waals surface area (Å²) in [7, 11) is -1.66. The number of sulfonamides is 1. The Labute approximate surface area is 179 Å². The van der Waals surface area contributed by atoms with Crippen molar-refractivity contribution in [3.8, 4) is 0 Å². The van der Waals surface area contributed by atoms with Gasteiger partial charge in [-0.3, -0.25) is 9.69 Å². The zero-order valence-electron chi connectivity index (χ0n) is 17.8. The van der Waals surface area contributed by atoms with Gasteiger partial charge in [-0.1, -0.05) is 19.8 Å². The number of nitrogens with one attached hydrogen (secondary N) is 2. The number of rotatable bonds is 8. The third-order valence-electron chi connectivity index (χ3n) is 5.64. The van der Waals surface area contributed by atoms with Crippen LogP contribution in [0.5, 0.6) is 0 Å². The van der Waals surface area contributed by atoms with Crippen molar-refractivity contribution >= 4 is 21.6 Å². The van der Waals surface area contributed by atoms with E-state index in [4.69, 9.17) is 0 Å². The molecule has 0 bridgehead atoms. The highest BCUT2D eigenvalue weighted by molar-refractivity contribution is 7.89. The standard InChI is InChI=1S/C22H32N4O3S/c1-3-22(27)24-18-10-12-19(13-11-18)30(28,29)23-17-21(20-9-8-14-25(20)2)26-15-6-4-5-7-16-26/h8-14,21,23H,3-7,15-17H2,1-2H3,(H,24,27). The minimum absolute atomic E-state index is 0.0130. The predicted molar refractivity (Wildman–Crippen MR) is 119 cm³/mol. The maximum absolute atomic E-state index is 12.9. The van der Waals surface area contributed by atoms with Crippen LogP contribution in [0, 0.1) is 0 Å². The Hall–Kier alpha value is -2.16. The summed E-state index contributed by atoms with van der Waals surface area (Å²) in [5.74, 6) is -0.105. The lowest BCUT2D eigenvalue weighted by molar-refractivity contribution is -0.115. The van der Waals surface area contributed by atoms with Gasteiger partial charge in [0.1, 0.15) is 0 Å². The maximum atomic E-state index is 12.9. The topological polar surface area (TPSA) is 83.4 Å². The quantitative estimate of drug-likeness (QED) is 0.671. The van der Waals surface area contributed by atoms with E-state index in [2.05, 4.69) is 25.6 Å². The molecule has 1 atom stereocenters. The summed E-state index contributed by atoms with van der Waals surface area (Å²) in [4.78, 5) is 14.1. The first-order valence-electron chi connectivity index (χ1n) is 10.7. The van der Waals surface area contributed by atoms with Crippen molar-refractivity contribution in [3.63, 3.8) is 0 Å². The number of carbonyl (C=O) groups is 1. The number of hydrogen-bond donors (Lipinski definition) is 2. The molecule has 0 saturated carbocycles. The molecule has 1 aliphatic heterocycles. The second kappa shape index (κ2) is 10.2. The van der Waals surface area contributed by atoms with Crippen LogP contribution >= 0.6 is 0 Å². The molecule has 7 nitrogen and oxygen atoms in total. The molecule has 1 amide bonds. The number of carbonyl (C=O) groups excluding carboxylic acids is 1. The molecule has 2 aromatic rings. The number of aryl methyl sites for hydroxylation is 1. The van der Waals surface area contributed by atoms with Crippen LogP contribution < -0.4 is 10.0 Å². The highest BCUT2D eigenvalue weighted by atomic mass is 32.2. The van der Waals surface area contributed by atoms with E-state index in [1.54, 1.807) is 19.1 Å². The van der Waals surface area contributed by atoms with Crippen LogP contribution in [0.2, 0.25) is 0 Å². The molecule has 1 aromatic carbocycles. The van der Waals surface area contributed by atoms with Crippen molar-refractivity contribution in [2.75, 3.05) is 25.0 Å². The molecule has 3 rings (SSSR count). The van der Waals surface area contributed by atoms with E-state index in [1.807, 2.05) is 19.3 Å². The van der Waals surface area contributed by atoms with E-state index in [9.17, 15) is 13.2 Å². The van der Waals surface area contributed by atoms with Crippen LogP contribution in [0.4, 0.5) is 5.69 Å². The molecule has 30 heavy (non-hydrogen) atoms. The van der Waals surface area contributed by atoms with Crippen molar-refractivity contribution in [1.29, 1.82) is 0 Å². The van der Waals surface area contributed by atoms with Gasteiger partial charge in [-0.25, -0.2) is 13.1 Å². The fraction of sp³-hybridized carbons (Fsp3) is 0.500. The van der Waals surface area contributed by atoms with Crippen LogP contribution in [0.25, 0.3) is 0 Å². The highest BCUT2D eigenvalue weighted by Crippen LogP contribution is 2.25. The fourth-order valence-electron chi connectivity index (χ4n) is 3.89. The second-order valence-electron chi connectivity index (χ2n) is 7.79. The number of nitrogens with zero attached hydrogens (tertiary/aromatic N) is 2. The van der Waals surface area contributed by atoms with Gasteiger partial charge in [0, 0.05) is 37.6 Å². The molecule has 1 aromatic heterocycles. The van der Waals surface area contributed by atoms with Gasteiger partial charge < -0.3 is 9.88 Å². The van der Waals surface area contributed by atoms with Crippen molar-refractivity contribution in [2.45, 2.75) is 50.0 Å². The van der Waals surface area contributed by atoms with E-state index in [0.717, 1.165) is 31.6 Å². The minimum atomic E-state index is -3.66. The molecule has 2 N–H and O–H groups in total. The minimum Gasteiger partial charge on any atom is -0.353 e. The fourth-order valence-corrected chi connectivity index (χ4v) is 4.93. The number of benzene rings is 1. The molecule has 1 aliphatic rings. The van der Waals surface area contributed by atoms with Gasteiger partial charge in [-0.15, -0.1) is 0 Å². The summed E-state index contributed by atoms with van der Waals surface area (Å²) in [6.45, 7) is 4.03. The normalized spacial score (nSPS) is 16.7. The van der Waals surface area contributed by atoms with Gasteiger partial charge in [0.2, 0.25) is 15.9 Å². The summed E-state index contributed by atoms with van der Waals surface area (Å²) >= 11 is 0. The number of likely N-dealkylation sites (tertiary alicyclic amines) is 1. The zero-order chi connectivity index (χ0) is 21.6. The van der Waals surface area contributed by atoms with Gasteiger partial charge in [-0.05, 0) is 62.3 Å². The van der Waals surface area contributed by atoms with E-state index in [-0.39, 0.29) is 16.8 Å². The molecule has 0 spiro atoms. The smallest absolute Gasteiger partial charge is 0.240 e. The SMILES string of the molecule is CCC(=O)Nc1ccc(S(=O)(=O)NCC(c2cccn2C)N2CCCCCC2)cc1. The van der Waals surface area contributed by atoms with E-state index in [0.29, 0.717) is 18.7 Å². The van der Waals surface area contributed by atoms with Crippen LogP contribution in [-0.4, -0.2) is 43.4 Å². The Morgan fingerprint density at radius 3 is 2.30 bits per heavy atom. The average molecular weight is 433 g/mol. The van der Waals surface area contributed by atoms with Crippen LogP contribution in [0.1, 0.15) is 50.8 Å². The summed E-state index contributed by atoms with van der Waals surface area (Å²) in [6.07, 6.45) is 7.10. The first-order chi connectivity index (χ1) is 14.4. The number of amides is 1. The van der Waals surface area contributed by atoms with Crippen LogP contribution in [-0.2, 0) is 21.9 Å². The van der Waals surface area contributed by atoms with E-state index in [1.165, 1.54) is 25.0 Å². The molecule has 1 saturated heterocycles. The van der Waals surface area contributed by atoms with Crippen molar-refractivity contribution in [1.82, 2.24) is 14.2 Å². The summed E-state index contributed by atoms with van der Waals surface area (Å²) in [6, 6.07) is 10.3. The largest absolute Gasteiger partial charge is 0.353 e. The average Bonchev–Trinajstić information content (AvgIpc) is 2.98. The Bertz CT molecular complexity index is 930. The molecule has 8 heteroatoms. The van der Waals surface area contributed by atoms with Gasteiger partial charge in [0.15, 0.2) is 0 Å². The maximum Gasteiger partial charge on any atom is 0.240 e. The van der Waals surface area contributed by atoms with E-state index < -0.39 is 10.0 Å². The summed E-state index contributed by atoms with van der Waals surface area (Å²) < 4.78 is 30.7. The van der Waals surface area contributed by atoms with Gasteiger partial charge in [-0.2, -0.15) is 0 Å². The third-order valence-corrected chi connectivity index (χ3v) is 7.08. The number of aromatic nitrogens is 1. The molecule has 164 valence electrons. The Morgan fingerprint density at radius 1 is 1.07 bits per heavy atom. The number of hydrogen-bond acceptors (Lipinski definition) is 4. The molecule has 0 aliphatic carbocycles. The van der Waals surface area contributed by atoms with Gasteiger partial charge in [0.25, 0.3) is 0 Å². The van der Waals surface area contributed by atoms with Crippen molar-refractivity contribution < 1.29 is 13.2 Å². The molecule has 0 radical (unpaired) electrons. The second-order valence-corrected chi connectivity index (χ2v) is 9.55. The lowest BCUT2D eigenvalue weighted by atomic mass is 10.1. The molecule has 1 unspecified atom stereocenters. The lowest BCUT2D eigenvalue weighted by Crippen LogP contribution is -2.39. The third kappa shape index (κ3) is 5.71. The first-order valence-corrected chi connectivity index (χ1v) is 12.1. The summed E-state index contributed by atoms with van der Waals surface area (Å²) in [5.41, 5.74) is 1.70. The van der Waals surface area contributed by atoms with Crippen molar-refractivity contribution in [3.05, 3.63) is 48.3 Å². The van der Waals surface area contributed by atoms with Gasteiger partial charge >= 0.3 is 0 Å². The molecule has 2 heterocycles. The Kier molecular flexibility index (Phi) is 7.69. The Morgan fingerprint density at radius 2 is 1.73 bits per heavy atom. The lowest BCUT2D eigenvalue weighted by Gasteiger charge is -2.31. The van der Waals surface area contributed by atoms with Gasteiger partial charge in [0.05, 0.1) is 10.9 Å². The summed E-state index contributed by atoms with van der Waals surface area (Å²) in [5, 5.41) is 2.73. The van der Waals surface area contributed by atoms with Crippen LogP contribution in [0.3, 0.4) is 0 Å².